The van der Waals surface area contributed by atoms with E-state index in [4.69, 9.17) is 0 Å². The number of hydrogen-bond donors (Lipinski definition) is 0. The zero-order valence-corrected chi connectivity index (χ0v) is 16.9. The Hall–Kier alpha value is -1.43. The molecule has 0 unspecified atom stereocenters. The molecule has 2 fully saturated rings. The molecule has 2 aliphatic heterocycles. The summed E-state index contributed by atoms with van der Waals surface area (Å²) < 4.78 is 0. The fourth-order valence-corrected chi connectivity index (χ4v) is 5.35. The van der Waals surface area contributed by atoms with Crippen LogP contribution in [0, 0.1) is 11.8 Å². The second-order valence-electron chi connectivity index (χ2n) is 7.31. The van der Waals surface area contributed by atoms with Crippen LogP contribution in [0.25, 0.3) is 0 Å². The molecule has 6 heteroatoms. The molecular weight excluding hydrogens is 366 g/mol. The van der Waals surface area contributed by atoms with Crippen LogP contribution in [0.2, 0.25) is 0 Å². The summed E-state index contributed by atoms with van der Waals surface area (Å²) in [6.45, 7) is 4.91. The van der Waals surface area contributed by atoms with Gasteiger partial charge in [-0.3, -0.25) is 9.69 Å². The highest BCUT2D eigenvalue weighted by Gasteiger charge is 2.47. The van der Waals surface area contributed by atoms with Crippen molar-refractivity contribution in [2.24, 2.45) is 11.8 Å². The number of rotatable bonds is 4. The molecule has 140 valence electrons. The highest BCUT2D eigenvalue weighted by Crippen LogP contribution is 2.44. The first-order valence-corrected chi connectivity index (χ1v) is 10.0. The van der Waals surface area contributed by atoms with E-state index in [0.29, 0.717) is 23.6 Å². The van der Waals surface area contributed by atoms with E-state index >= 15 is 0 Å². The first-order valence-electron chi connectivity index (χ1n) is 9.16. The second kappa shape index (κ2) is 8.07. The molecular formula is C20H26ClN3OS. The molecule has 1 aromatic carbocycles. The lowest BCUT2D eigenvalue weighted by Gasteiger charge is -2.26. The van der Waals surface area contributed by atoms with Gasteiger partial charge in [0.05, 0.1) is 5.01 Å². The van der Waals surface area contributed by atoms with Gasteiger partial charge in [-0.25, -0.2) is 4.98 Å². The number of fused-ring (bicyclic) bond motifs is 1. The normalized spacial score (nSPS) is 25.2. The molecule has 0 spiro atoms. The molecule has 0 radical (unpaired) electrons. The Morgan fingerprint density at radius 3 is 2.73 bits per heavy atom. The van der Waals surface area contributed by atoms with Gasteiger partial charge < -0.3 is 4.90 Å². The van der Waals surface area contributed by atoms with Gasteiger partial charge >= 0.3 is 0 Å². The molecule has 0 bridgehead atoms. The summed E-state index contributed by atoms with van der Waals surface area (Å²) in [7, 11) is 2.21. The SMILES string of the molecule is CCCc1nc(C(=O)N2C[C@@H]3CN(C)[C@@H](c4ccccc4)[C@@H]3C2)cs1.Cl. The highest BCUT2D eigenvalue weighted by atomic mass is 35.5. The number of likely N-dealkylation sites (tertiary alicyclic amines) is 2. The van der Waals surface area contributed by atoms with Crippen LogP contribution in [0.3, 0.4) is 0 Å². The number of aryl methyl sites for hydroxylation is 1. The molecule has 0 saturated carbocycles. The Morgan fingerprint density at radius 2 is 2.00 bits per heavy atom. The van der Waals surface area contributed by atoms with Crippen molar-refractivity contribution >= 4 is 29.7 Å². The average Bonchev–Trinajstić information content (AvgIpc) is 3.30. The van der Waals surface area contributed by atoms with Crippen LogP contribution in [-0.4, -0.2) is 47.4 Å². The molecule has 2 aromatic rings. The van der Waals surface area contributed by atoms with E-state index in [0.717, 1.165) is 37.5 Å². The monoisotopic (exact) mass is 391 g/mol. The van der Waals surface area contributed by atoms with Gasteiger partial charge in [0.25, 0.3) is 5.91 Å². The maximum atomic E-state index is 12.9. The number of aromatic nitrogens is 1. The largest absolute Gasteiger partial charge is 0.337 e. The summed E-state index contributed by atoms with van der Waals surface area (Å²) in [4.78, 5) is 21.9. The zero-order valence-electron chi connectivity index (χ0n) is 15.3. The van der Waals surface area contributed by atoms with Crippen molar-refractivity contribution in [2.75, 3.05) is 26.7 Å². The predicted molar refractivity (Wildman–Crippen MR) is 108 cm³/mol. The van der Waals surface area contributed by atoms with Gasteiger partial charge in [-0.2, -0.15) is 0 Å². The Balaban J connectivity index is 0.00000196. The number of benzene rings is 1. The van der Waals surface area contributed by atoms with Crippen molar-refractivity contribution in [3.63, 3.8) is 0 Å². The van der Waals surface area contributed by atoms with Crippen LogP contribution < -0.4 is 0 Å². The molecule has 3 heterocycles. The average molecular weight is 392 g/mol. The number of carbonyl (C=O) groups is 1. The first-order chi connectivity index (χ1) is 12.2. The second-order valence-corrected chi connectivity index (χ2v) is 8.25. The number of hydrogen-bond acceptors (Lipinski definition) is 4. The van der Waals surface area contributed by atoms with Crippen LogP contribution in [0.5, 0.6) is 0 Å². The predicted octanol–water partition coefficient (Wildman–Crippen LogP) is 3.89. The third-order valence-corrected chi connectivity index (χ3v) is 6.47. The molecule has 0 N–H and O–H groups in total. The quantitative estimate of drug-likeness (QED) is 0.793. The van der Waals surface area contributed by atoms with Gasteiger partial charge in [0, 0.05) is 37.0 Å². The van der Waals surface area contributed by atoms with Crippen LogP contribution in [0.4, 0.5) is 0 Å². The summed E-state index contributed by atoms with van der Waals surface area (Å²) in [5.74, 6) is 1.19. The molecule has 4 rings (SSSR count). The van der Waals surface area contributed by atoms with E-state index in [-0.39, 0.29) is 18.3 Å². The van der Waals surface area contributed by atoms with Crippen molar-refractivity contribution in [1.82, 2.24) is 14.8 Å². The minimum atomic E-state index is 0. The van der Waals surface area contributed by atoms with Gasteiger partial charge in [0.15, 0.2) is 0 Å². The van der Waals surface area contributed by atoms with E-state index in [2.05, 4.69) is 54.2 Å². The van der Waals surface area contributed by atoms with Gasteiger partial charge in [0.2, 0.25) is 0 Å². The van der Waals surface area contributed by atoms with Gasteiger partial charge in [-0.15, -0.1) is 23.7 Å². The Kier molecular flexibility index (Phi) is 6.00. The number of thiazole rings is 1. The number of halogens is 1. The molecule has 0 aliphatic carbocycles. The lowest BCUT2D eigenvalue weighted by Crippen LogP contribution is -2.33. The fourth-order valence-electron chi connectivity index (χ4n) is 4.48. The van der Waals surface area contributed by atoms with Crippen LogP contribution in [-0.2, 0) is 6.42 Å². The molecule has 1 amide bonds. The van der Waals surface area contributed by atoms with Crippen molar-refractivity contribution in [3.05, 3.63) is 52.0 Å². The molecule has 3 atom stereocenters. The Labute approximate surface area is 165 Å². The number of amides is 1. The molecule has 4 nitrogen and oxygen atoms in total. The minimum absolute atomic E-state index is 0. The summed E-state index contributed by atoms with van der Waals surface area (Å²) in [5, 5.41) is 3.01. The number of nitrogens with zero attached hydrogens (tertiary/aromatic N) is 3. The number of carbonyl (C=O) groups excluding carboxylic acids is 1. The van der Waals surface area contributed by atoms with Crippen molar-refractivity contribution in [3.8, 4) is 0 Å². The highest BCUT2D eigenvalue weighted by molar-refractivity contribution is 7.09. The smallest absolute Gasteiger partial charge is 0.273 e. The summed E-state index contributed by atoms with van der Waals surface area (Å²) in [6.07, 6.45) is 2.03. The Morgan fingerprint density at radius 1 is 1.23 bits per heavy atom. The third-order valence-electron chi connectivity index (χ3n) is 5.56. The minimum Gasteiger partial charge on any atom is -0.337 e. The molecule has 1 aromatic heterocycles. The van der Waals surface area contributed by atoms with Gasteiger partial charge in [0.1, 0.15) is 5.69 Å². The lowest BCUT2D eigenvalue weighted by atomic mass is 9.90. The van der Waals surface area contributed by atoms with Gasteiger partial charge in [-0.05, 0) is 31.4 Å². The fraction of sp³-hybridized carbons (Fsp3) is 0.500. The van der Waals surface area contributed by atoms with Gasteiger partial charge in [-0.1, -0.05) is 37.3 Å². The topological polar surface area (TPSA) is 36.4 Å². The standard InChI is InChI=1S/C20H25N3OS.ClH/c1-3-7-18-21-17(13-25-18)20(24)23-11-15-10-22(2)19(16(15)12-23)14-8-5-4-6-9-14;/h4-6,8-9,13,15-16,19H,3,7,10-12H2,1-2H3;1H/t15-,16+,19-;/m0./s1. The van der Waals surface area contributed by atoms with Crippen molar-refractivity contribution < 1.29 is 4.79 Å². The molecule has 2 aliphatic rings. The van der Waals surface area contributed by atoms with Crippen LogP contribution in [0.15, 0.2) is 35.7 Å². The molecule has 2 saturated heterocycles. The van der Waals surface area contributed by atoms with E-state index in [1.807, 2.05) is 10.3 Å². The van der Waals surface area contributed by atoms with E-state index in [1.54, 1.807) is 11.3 Å². The third kappa shape index (κ3) is 3.53. The van der Waals surface area contributed by atoms with E-state index < -0.39 is 0 Å². The maximum absolute atomic E-state index is 12.9. The van der Waals surface area contributed by atoms with Crippen LogP contribution in [0.1, 0.15) is 40.4 Å². The van der Waals surface area contributed by atoms with E-state index in [9.17, 15) is 4.79 Å². The maximum Gasteiger partial charge on any atom is 0.273 e. The van der Waals surface area contributed by atoms with Crippen LogP contribution >= 0.6 is 23.7 Å². The zero-order chi connectivity index (χ0) is 17.4. The van der Waals surface area contributed by atoms with Crippen molar-refractivity contribution in [2.45, 2.75) is 25.8 Å². The molecule has 26 heavy (non-hydrogen) atoms. The summed E-state index contributed by atoms with van der Waals surface area (Å²) >= 11 is 1.61. The van der Waals surface area contributed by atoms with Crippen molar-refractivity contribution in [1.29, 1.82) is 0 Å². The Bertz CT molecular complexity index is 751. The first kappa shape index (κ1) is 19.3. The summed E-state index contributed by atoms with van der Waals surface area (Å²) in [5.41, 5.74) is 2.00. The summed E-state index contributed by atoms with van der Waals surface area (Å²) in [6, 6.07) is 11.1. The van der Waals surface area contributed by atoms with E-state index in [1.165, 1.54) is 5.56 Å². The lowest BCUT2D eigenvalue weighted by molar-refractivity contribution is 0.0762.